The van der Waals surface area contributed by atoms with Crippen LogP contribution in [0.1, 0.15) is 42.9 Å². The Balaban J connectivity index is 1.29. The second kappa shape index (κ2) is 8.33. The van der Waals surface area contributed by atoms with E-state index in [1.165, 1.54) is 17.1 Å². The Bertz CT molecular complexity index is 678. The lowest BCUT2D eigenvalue weighted by Gasteiger charge is -2.34. The van der Waals surface area contributed by atoms with Crippen molar-refractivity contribution >= 4 is 0 Å². The highest BCUT2D eigenvalue weighted by Gasteiger charge is 2.27. The van der Waals surface area contributed by atoms with Gasteiger partial charge in [-0.05, 0) is 25.7 Å². The molecule has 2 aliphatic heterocycles. The zero-order valence-corrected chi connectivity index (χ0v) is 15.6. The highest BCUT2D eigenvalue weighted by molar-refractivity contribution is 5.12. The molecule has 0 saturated carbocycles. The van der Waals surface area contributed by atoms with Crippen molar-refractivity contribution in [3.63, 3.8) is 0 Å². The molecular formula is C19H29N5O2. The van der Waals surface area contributed by atoms with Gasteiger partial charge in [0.2, 0.25) is 0 Å². The summed E-state index contributed by atoms with van der Waals surface area (Å²) in [6.45, 7) is 8.58. The maximum absolute atomic E-state index is 5.94. The molecular weight excluding hydrogens is 330 g/mol. The van der Waals surface area contributed by atoms with E-state index in [0.717, 1.165) is 65.3 Å². The molecule has 2 aliphatic rings. The van der Waals surface area contributed by atoms with Gasteiger partial charge in [-0.15, -0.1) is 0 Å². The number of aromatic amines is 1. The van der Waals surface area contributed by atoms with Crippen LogP contribution >= 0.6 is 0 Å². The Kier molecular flexibility index (Phi) is 5.67. The number of hydrogen-bond acceptors (Lipinski definition) is 5. The summed E-state index contributed by atoms with van der Waals surface area (Å²) in [5.41, 5.74) is 2.51. The first-order valence-electron chi connectivity index (χ1n) is 9.72. The van der Waals surface area contributed by atoms with Crippen LogP contribution in [0.2, 0.25) is 0 Å². The highest BCUT2D eigenvalue weighted by Crippen LogP contribution is 2.27. The number of H-pyrrole nitrogens is 1. The normalized spacial score (nSPS) is 21.8. The molecule has 2 aromatic heterocycles. The highest BCUT2D eigenvalue weighted by atomic mass is 16.5. The van der Waals surface area contributed by atoms with Crippen LogP contribution in [0.5, 0.6) is 0 Å². The summed E-state index contributed by atoms with van der Waals surface area (Å²) in [5.74, 6) is 1.83. The Morgan fingerprint density at radius 1 is 1.27 bits per heavy atom. The lowest BCUT2D eigenvalue weighted by atomic mass is 10.0. The molecule has 26 heavy (non-hydrogen) atoms. The van der Waals surface area contributed by atoms with Gasteiger partial charge in [0, 0.05) is 69.5 Å². The third kappa shape index (κ3) is 4.00. The molecule has 0 spiro atoms. The second-order valence-corrected chi connectivity index (χ2v) is 7.39. The number of nitrogens with zero attached hydrogens (tertiary/aromatic N) is 4. The van der Waals surface area contributed by atoms with Crippen LogP contribution in [0.25, 0.3) is 0 Å². The van der Waals surface area contributed by atoms with Crippen molar-refractivity contribution in [1.82, 2.24) is 24.6 Å². The summed E-state index contributed by atoms with van der Waals surface area (Å²) >= 11 is 0. The van der Waals surface area contributed by atoms with Crippen LogP contribution in [-0.2, 0) is 29.0 Å². The molecule has 142 valence electrons. The monoisotopic (exact) mass is 359 g/mol. The molecule has 0 aromatic carbocycles. The van der Waals surface area contributed by atoms with E-state index < -0.39 is 0 Å². The molecule has 0 radical (unpaired) electrons. The van der Waals surface area contributed by atoms with E-state index in [-0.39, 0.29) is 0 Å². The molecule has 0 aliphatic carbocycles. The number of rotatable bonds is 7. The molecule has 0 unspecified atom stereocenters. The molecule has 2 aromatic rings. The molecule has 1 saturated heterocycles. The average molecular weight is 359 g/mol. The number of ether oxygens (including phenoxy) is 2. The van der Waals surface area contributed by atoms with Gasteiger partial charge >= 0.3 is 0 Å². The summed E-state index contributed by atoms with van der Waals surface area (Å²) in [6.07, 6.45) is 9.10. The largest absolute Gasteiger partial charge is 0.381 e. The first-order chi connectivity index (χ1) is 12.8. The Morgan fingerprint density at radius 3 is 2.96 bits per heavy atom. The average Bonchev–Trinajstić information content (AvgIpc) is 3.32. The molecule has 4 heterocycles. The standard InChI is InChI=1S/C19H29N5O2/c1-15-19-20-12-18(4-9-26-14-16-2-7-25-8-3-16)24(19)6-5-23(15)13-17-10-21-22-11-17/h10-12,15-16H,2-9,13-14H2,1H3,(H,21,22)/t15-/m0/s1. The fraction of sp³-hybridized carbons (Fsp3) is 0.684. The third-order valence-corrected chi connectivity index (χ3v) is 5.64. The SMILES string of the molecule is C[C@H]1c2ncc(CCOCC3CCOCC3)n2CCN1Cc1cn[nH]c1. The minimum Gasteiger partial charge on any atom is -0.381 e. The topological polar surface area (TPSA) is 68.2 Å². The summed E-state index contributed by atoms with van der Waals surface area (Å²) in [4.78, 5) is 7.17. The van der Waals surface area contributed by atoms with Gasteiger partial charge in [0.05, 0.1) is 18.8 Å². The Morgan fingerprint density at radius 2 is 2.15 bits per heavy atom. The van der Waals surface area contributed by atoms with Gasteiger partial charge in [-0.3, -0.25) is 10.00 Å². The van der Waals surface area contributed by atoms with E-state index in [9.17, 15) is 0 Å². The lowest BCUT2D eigenvalue weighted by Crippen LogP contribution is -2.37. The third-order valence-electron chi connectivity index (χ3n) is 5.64. The molecule has 4 rings (SSSR count). The zero-order valence-electron chi connectivity index (χ0n) is 15.6. The molecule has 7 nitrogen and oxygen atoms in total. The van der Waals surface area contributed by atoms with Crippen LogP contribution in [0, 0.1) is 5.92 Å². The summed E-state index contributed by atoms with van der Waals surface area (Å²) in [5, 5.41) is 6.93. The summed E-state index contributed by atoms with van der Waals surface area (Å²) in [7, 11) is 0. The smallest absolute Gasteiger partial charge is 0.126 e. The van der Waals surface area contributed by atoms with Gasteiger partial charge in [-0.1, -0.05) is 0 Å². The minimum absolute atomic E-state index is 0.315. The maximum Gasteiger partial charge on any atom is 0.126 e. The van der Waals surface area contributed by atoms with Crippen molar-refractivity contribution in [3.8, 4) is 0 Å². The van der Waals surface area contributed by atoms with Gasteiger partial charge in [-0.25, -0.2) is 4.98 Å². The van der Waals surface area contributed by atoms with Crippen molar-refractivity contribution in [1.29, 1.82) is 0 Å². The van der Waals surface area contributed by atoms with Crippen molar-refractivity contribution in [2.45, 2.75) is 45.3 Å². The summed E-state index contributed by atoms with van der Waals surface area (Å²) in [6, 6.07) is 0.315. The predicted molar refractivity (Wildman–Crippen MR) is 97.7 cm³/mol. The quantitative estimate of drug-likeness (QED) is 0.768. The number of nitrogens with one attached hydrogen (secondary N) is 1. The molecule has 1 atom stereocenters. The van der Waals surface area contributed by atoms with Crippen LogP contribution in [0.4, 0.5) is 0 Å². The maximum atomic E-state index is 5.94. The fourth-order valence-corrected chi connectivity index (χ4v) is 3.96. The number of imidazole rings is 1. The molecule has 7 heteroatoms. The zero-order chi connectivity index (χ0) is 17.8. The number of aromatic nitrogens is 4. The molecule has 1 N–H and O–H groups in total. The van der Waals surface area contributed by atoms with E-state index in [1.807, 2.05) is 18.6 Å². The first-order valence-corrected chi connectivity index (χ1v) is 9.72. The lowest BCUT2D eigenvalue weighted by molar-refractivity contribution is 0.0211. The van der Waals surface area contributed by atoms with Crippen molar-refractivity contribution < 1.29 is 9.47 Å². The van der Waals surface area contributed by atoms with Crippen molar-refractivity contribution in [2.75, 3.05) is 33.0 Å². The molecule has 0 bridgehead atoms. The molecule has 1 fully saturated rings. The van der Waals surface area contributed by atoms with E-state index in [2.05, 4.69) is 26.6 Å². The van der Waals surface area contributed by atoms with Crippen LogP contribution in [0.3, 0.4) is 0 Å². The van der Waals surface area contributed by atoms with Crippen molar-refractivity contribution in [2.24, 2.45) is 5.92 Å². The van der Waals surface area contributed by atoms with Gasteiger partial charge in [-0.2, -0.15) is 5.10 Å². The minimum atomic E-state index is 0.315. The summed E-state index contributed by atoms with van der Waals surface area (Å²) < 4.78 is 13.7. The number of fused-ring (bicyclic) bond motifs is 1. The Labute approximate surface area is 154 Å². The predicted octanol–water partition coefficient (Wildman–Crippen LogP) is 2.17. The van der Waals surface area contributed by atoms with Gasteiger partial charge < -0.3 is 14.0 Å². The van der Waals surface area contributed by atoms with E-state index in [1.54, 1.807) is 0 Å². The van der Waals surface area contributed by atoms with Crippen molar-refractivity contribution in [3.05, 3.63) is 35.7 Å². The Hall–Kier alpha value is -1.70. The second-order valence-electron chi connectivity index (χ2n) is 7.39. The first kappa shape index (κ1) is 17.7. The van der Waals surface area contributed by atoms with Gasteiger partial charge in [0.25, 0.3) is 0 Å². The van der Waals surface area contributed by atoms with E-state index in [0.29, 0.717) is 12.0 Å². The number of hydrogen-bond donors (Lipinski definition) is 1. The van der Waals surface area contributed by atoms with Crippen LogP contribution < -0.4 is 0 Å². The van der Waals surface area contributed by atoms with E-state index >= 15 is 0 Å². The van der Waals surface area contributed by atoms with Gasteiger partial charge in [0.15, 0.2) is 0 Å². The fourth-order valence-electron chi connectivity index (χ4n) is 3.96. The van der Waals surface area contributed by atoms with Gasteiger partial charge in [0.1, 0.15) is 5.82 Å². The van der Waals surface area contributed by atoms with E-state index in [4.69, 9.17) is 14.5 Å². The molecule has 0 amide bonds. The van der Waals surface area contributed by atoms with Crippen LogP contribution in [0.15, 0.2) is 18.6 Å². The van der Waals surface area contributed by atoms with Crippen LogP contribution in [-0.4, -0.2) is 57.6 Å².